The molecule has 0 bridgehead atoms. The van der Waals surface area contributed by atoms with Gasteiger partial charge < -0.3 is 33.8 Å². The minimum absolute atomic E-state index is 0.0630. The van der Waals surface area contributed by atoms with Gasteiger partial charge >= 0.3 is 39.5 Å². The monoisotopic (exact) mass is 1470 g/mol. The Morgan fingerprint density at radius 2 is 0.490 bits per heavy atom. The van der Waals surface area contributed by atoms with Gasteiger partial charge in [0.25, 0.3) is 0 Å². The maximum absolute atomic E-state index is 13.1. The number of hydrogen-bond donors (Lipinski definition) is 3. The van der Waals surface area contributed by atoms with Gasteiger partial charge in [-0.25, -0.2) is 9.13 Å². The van der Waals surface area contributed by atoms with E-state index in [1.807, 2.05) is 24.3 Å². The molecule has 0 saturated carbocycles. The van der Waals surface area contributed by atoms with Crippen LogP contribution in [0.25, 0.3) is 0 Å². The van der Waals surface area contributed by atoms with Crippen molar-refractivity contribution in [3.63, 3.8) is 0 Å². The van der Waals surface area contributed by atoms with Crippen LogP contribution < -0.4 is 0 Å². The summed E-state index contributed by atoms with van der Waals surface area (Å²) in [6, 6.07) is 0. The van der Waals surface area contributed by atoms with Crippen LogP contribution in [0.3, 0.4) is 0 Å². The van der Waals surface area contributed by atoms with E-state index in [1.54, 1.807) is 0 Å². The van der Waals surface area contributed by atoms with E-state index >= 15 is 0 Å². The number of phosphoric acid groups is 2. The quantitative estimate of drug-likeness (QED) is 0.0169. The van der Waals surface area contributed by atoms with E-state index in [9.17, 15) is 43.2 Å². The molecule has 3 N–H and O–H groups in total. The predicted octanol–water partition coefficient (Wildman–Crippen LogP) is 22.9. The van der Waals surface area contributed by atoms with Crippen molar-refractivity contribution in [2.75, 3.05) is 39.6 Å². The Morgan fingerprint density at radius 1 is 0.275 bits per heavy atom. The van der Waals surface area contributed by atoms with Crippen LogP contribution in [-0.4, -0.2) is 96.7 Å². The van der Waals surface area contributed by atoms with Gasteiger partial charge in [0.15, 0.2) is 12.2 Å². The van der Waals surface area contributed by atoms with Crippen molar-refractivity contribution in [2.24, 2.45) is 0 Å². The second-order valence-corrected chi connectivity index (χ2v) is 28.8. The number of carbonyl (C=O) groups excluding carboxylic acids is 4. The first-order valence-corrected chi connectivity index (χ1v) is 42.4. The zero-order valence-electron chi connectivity index (χ0n) is 63.7. The molecule has 19 heteroatoms. The maximum Gasteiger partial charge on any atom is 0.472 e. The first kappa shape index (κ1) is 97.2. The Kier molecular flexibility index (Phi) is 71.0. The molecule has 5 atom stereocenters. The van der Waals surface area contributed by atoms with Gasteiger partial charge in [-0.2, -0.15) is 0 Å². The van der Waals surface area contributed by atoms with Gasteiger partial charge in [-0.05, 0) is 161 Å². The summed E-state index contributed by atoms with van der Waals surface area (Å²) >= 11 is 0. The Bertz CT molecular complexity index is 2460. The number of aliphatic hydroxyl groups excluding tert-OH is 1. The number of allylic oxidation sites excluding steroid dienone is 22. The molecule has 0 aliphatic rings. The van der Waals surface area contributed by atoms with Crippen LogP contribution in [0.15, 0.2) is 134 Å². The maximum atomic E-state index is 13.1. The Hall–Kier alpha value is -4.80. The summed E-state index contributed by atoms with van der Waals surface area (Å²) in [5.74, 6) is -2.33. The number of rotatable bonds is 73. The molecule has 0 aromatic heterocycles. The normalized spacial score (nSPS) is 14.6. The fourth-order valence-electron chi connectivity index (χ4n) is 9.99. The molecule has 0 radical (unpaired) electrons. The molecule has 0 aliphatic carbocycles. The van der Waals surface area contributed by atoms with Gasteiger partial charge in [-0.1, -0.05) is 258 Å². The highest BCUT2D eigenvalue weighted by atomic mass is 31.2. The third-order valence-corrected chi connectivity index (χ3v) is 18.0. The summed E-state index contributed by atoms with van der Waals surface area (Å²) in [7, 11) is -9.99. The molecule has 2 unspecified atom stereocenters. The Labute approximate surface area is 618 Å². The van der Waals surface area contributed by atoms with Crippen LogP contribution in [0.4, 0.5) is 0 Å². The van der Waals surface area contributed by atoms with Gasteiger partial charge in [0.1, 0.15) is 19.3 Å². The van der Waals surface area contributed by atoms with Crippen molar-refractivity contribution < 1.29 is 80.2 Å². The standard InChI is InChI=1S/C83H140O17P2/c1-5-9-13-17-21-25-29-33-36-38-41-44-47-51-55-59-63-67-80(85)93-73-78(99-82(87)69-65-61-57-53-49-43-32-28-24-20-16-12-8-4)75-97-101(89,90)95-71-77(84)72-96-102(91,92)98-76-79(100-83(88)70-66-62-58-54-50-46-40-35-31-27-23-19-15-11-7-3)74-94-81(86)68-64-60-56-52-48-45-42-39-37-34-30-26-22-18-14-10-6-2/h21-23,25-28,32-37,40-42,44-45,51-52,55-56,77-79,84H,5-20,24,29-31,38-39,43,46-50,53-54,57-76H2,1-4H3,(H,89,90)(H,91,92)/b25-21-,26-22-,27-23-,32-28-,36-33-,37-34-,40-35-,44-41-,45-42-,55-51-,56-52-/t77-,78-,79-/m1/s1. The third kappa shape index (κ3) is 73.5. The molecule has 0 rings (SSSR count). The smallest absolute Gasteiger partial charge is 0.462 e. The lowest BCUT2D eigenvalue weighted by Gasteiger charge is -2.21. The van der Waals surface area contributed by atoms with E-state index in [0.717, 1.165) is 135 Å². The molecule has 0 fully saturated rings. The molecule has 584 valence electrons. The highest BCUT2D eigenvalue weighted by Crippen LogP contribution is 2.45. The molecule has 0 saturated heterocycles. The van der Waals surface area contributed by atoms with Crippen molar-refractivity contribution in [3.8, 4) is 0 Å². The van der Waals surface area contributed by atoms with Crippen LogP contribution in [0.2, 0.25) is 0 Å². The lowest BCUT2D eigenvalue weighted by molar-refractivity contribution is -0.161. The molecule has 0 aliphatic heterocycles. The van der Waals surface area contributed by atoms with Gasteiger partial charge in [-0.3, -0.25) is 37.3 Å². The molecular weight excluding hydrogens is 1330 g/mol. The average molecular weight is 1470 g/mol. The van der Waals surface area contributed by atoms with E-state index in [0.29, 0.717) is 38.5 Å². The van der Waals surface area contributed by atoms with Crippen molar-refractivity contribution >= 4 is 39.5 Å². The molecule has 0 aromatic carbocycles. The zero-order chi connectivity index (χ0) is 74.6. The zero-order valence-corrected chi connectivity index (χ0v) is 65.5. The van der Waals surface area contributed by atoms with E-state index in [4.69, 9.17) is 37.0 Å². The molecular formula is C83H140O17P2. The lowest BCUT2D eigenvalue weighted by atomic mass is 10.1. The summed E-state index contributed by atoms with van der Waals surface area (Å²) in [6.07, 6.45) is 83.0. The number of carbonyl (C=O) groups is 4. The predicted molar refractivity (Wildman–Crippen MR) is 418 cm³/mol. The van der Waals surface area contributed by atoms with Crippen LogP contribution >= 0.6 is 15.6 Å². The second-order valence-electron chi connectivity index (χ2n) is 25.9. The number of aliphatic hydroxyl groups is 1. The SMILES string of the molecule is CCCCC/C=C\C/C=C\C/C=C\C/C=C\CCCC(=O)OC[C@H](COP(=O)(O)OC[C@H](O)COP(=O)(O)OC[C@@H](COC(=O)CCC/C=C\C/C=C\C/C=C\C/C=C\CCCCC)OC(=O)CCCCCCC/C=C\CCCCCC)OC(=O)CCCCCCC/C=C\C/C=C\CCCCC. The summed E-state index contributed by atoms with van der Waals surface area (Å²) in [6.45, 7) is 4.63. The minimum atomic E-state index is -5.00. The van der Waals surface area contributed by atoms with E-state index < -0.39 is 97.5 Å². The van der Waals surface area contributed by atoms with Gasteiger partial charge in [-0.15, -0.1) is 0 Å². The van der Waals surface area contributed by atoms with Crippen molar-refractivity contribution in [3.05, 3.63) is 134 Å². The molecule has 0 aromatic rings. The van der Waals surface area contributed by atoms with E-state index in [-0.39, 0.29) is 25.7 Å². The Morgan fingerprint density at radius 3 is 0.794 bits per heavy atom. The second kappa shape index (κ2) is 74.5. The molecule has 0 heterocycles. The number of phosphoric ester groups is 2. The van der Waals surface area contributed by atoms with Crippen molar-refractivity contribution in [1.82, 2.24) is 0 Å². The average Bonchev–Trinajstić information content (AvgIpc) is 0.939. The number of hydrogen-bond acceptors (Lipinski definition) is 15. The topological polar surface area (TPSA) is 237 Å². The van der Waals surface area contributed by atoms with Crippen molar-refractivity contribution in [1.29, 1.82) is 0 Å². The summed E-state index contributed by atoms with van der Waals surface area (Å²) in [4.78, 5) is 72.9. The fraction of sp³-hybridized carbons (Fsp3) is 0.687. The molecule has 102 heavy (non-hydrogen) atoms. The highest BCUT2D eigenvalue weighted by molar-refractivity contribution is 7.47. The molecule has 17 nitrogen and oxygen atoms in total. The summed E-state index contributed by atoms with van der Waals surface area (Å²) in [5, 5.41) is 10.6. The van der Waals surface area contributed by atoms with Gasteiger partial charge in [0.2, 0.25) is 0 Å². The number of esters is 4. The Balaban J connectivity index is 5.46. The summed E-state index contributed by atoms with van der Waals surface area (Å²) in [5.41, 5.74) is 0. The van der Waals surface area contributed by atoms with Crippen LogP contribution in [-0.2, 0) is 65.4 Å². The number of ether oxygens (including phenoxy) is 4. The van der Waals surface area contributed by atoms with E-state index in [1.165, 1.54) is 83.5 Å². The lowest BCUT2D eigenvalue weighted by Crippen LogP contribution is -2.30. The number of unbranched alkanes of at least 4 members (excludes halogenated alkanes) is 25. The van der Waals surface area contributed by atoms with Crippen molar-refractivity contribution in [2.45, 2.75) is 329 Å². The fourth-order valence-corrected chi connectivity index (χ4v) is 11.6. The van der Waals surface area contributed by atoms with Crippen LogP contribution in [0.5, 0.6) is 0 Å². The highest BCUT2D eigenvalue weighted by Gasteiger charge is 2.30. The van der Waals surface area contributed by atoms with Crippen LogP contribution in [0.1, 0.15) is 310 Å². The first-order valence-electron chi connectivity index (χ1n) is 39.4. The van der Waals surface area contributed by atoms with Gasteiger partial charge in [0, 0.05) is 25.7 Å². The minimum Gasteiger partial charge on any atom is -0.462 e. The first-order chi connectivity index (χ1) is 49.7. The van der Waals surface area contributed by atoms with Gasteiger partial charge in [0.05, 0.1) is 26.4 Å². The largest absolute Gasteiger partial charge is 0.472 e. The molecule has 0 amide bonds. The molecule has 0 spiro atoms. The third-order valence-electron chi connectivity index (χ3n) is 16.1. The van der Waals surface area contributed by atoms with E-state index in [2.05, 4.69) is 137 Å². The van der Waals surface area contributed by atoms with Crippen LogP contribution in [0, 0.1) is 0 Å². The summed E-state index contributed by atoms with van der Waals surface area (Å²) < 4.78 is 68.4.